The van der Waals surface area contributed by atoms with E-state index in [9.17, 15) is 0 Å². The molecule has 0 spiro atoms. The van der Waals surface area contributed by atoms with Crippen molar-refractivity contribution >= 4 is 23.2 Å². The molecule has 1 N–H and O–H groups in total. The zero-order valence-corrected chi connectivity index (χ0v) is 16.5. The minimum Gasteiger partial charge on any atom is -0.489 e. The Kier molecular flexibility index (Phi) is 7.43. The van der Waals surface area contributed by atoms with Crippen molar-refractivity contribution in [2.45, 2.75) is 45.3 Å². The standard InChI is InChI=1S/C22H25Cl2NO/c23-21-10-5-11-22(24)20(21)16-26-19-9-4-8-18(14-19)15-25-13-12-17-6-2-1-3-7-17/h4-6,8-11,14,25H,1-3,7,12-13,15-16H2. The minimum atomic E-state index is 0.365. The molecule has 0 unspecified atom stereocenters. The van der Waals surface area contributed by atoms with Crippen molar-refractivity contribution in [2.24, 2.45) is 0 Å². The summed E-state index contributed by atoms with van der Waals surface area (Å²) in [6.45, 7) is 2.23. The molecule has 3 rings (SSSR count). The van der Waals surface area contributed by atoms with Crippen LogP contribution in [0.3, 0.4) is 0 Å². The van der Waals surface area contributed by atoms with Gasteiger partial charge in [-0.2, -0.15) is 0 Å². The lowest BCUT2D eigenvalue weighted by molar-refractivity contribution is 0.306. The number of nitrogens with one attached hydrogen (secondary N) is 1. The molecule has 0 aromatic heterocycles. The van der Waals surface area contributed by atoms with Crippen molar-refractivity contribution in [3.8, 4) is 5.75 Å². The molecule has 0 saturated carbocycles. The first-order valence-corrected chi connectivity index (χ1v) is 10.0. The van der Waals surface area contributed by atoms with Gasteiger partial charge in [-0.3, -0.25) is 0 Å². The summed E-state index contributed by atoms with van der Waals surface area (Å²) in [5.74, 6) is 0.829. The molecule has 1 aliphatic rings. The Balaban J connectivity index is 1.47. The normalized spacial score (nSPS) is 14.2. The van der Waals surface area contributed by atoms with E-state index in [0.717, 1.165) is 30.8 Å². The van der Waals surface area contributed by atoms with E-state index < -0.39 is 0 Å². The molecule has 2 aromatic carbocycles. The molecule has 4 heteroatoms. The van der Waals surface area contributed by atoms with E-state index in [0.29, 0.717) is 16.7 Å². The number of ether oxygens (including phenoxy) is 1. The van der Waals surface area contributed by atoms with E-state index in [1.165, 1.54) is 31.2 Å². The summed E-state index contributed by atoms with van der Waals surface area (Å²) >= 11 is 12.4. The van der Waals surface area contributed by atoms with E-state index in [4.69, 9.17) is 27.9 Å². The first-order valence-electron chi connectivity index (χ1n) is 9.25. The molecule has 0 radical (unpaired) electrons. The molecule has 0 aliphatic heterocycles. The molecule has 0 atom stereocenters. The fraction of sp³-hybridized carbons (Fsp3) is 0.364. The average molecular weight is 390 g/mol. The second kappa shape index (κ2) is 10.0. The zero-order valence-electron chi connectivity index (χ0n) is 14.9. The smallest absolute Gasteiger partial charge is 0.120 e. The lowest BCUT2D eigenvalue weighted by Crippen LogP contribution is -2.15. The van der Waals surface area contributed by atoms with Gasteiger partial charge in [-0.15, -0.1) is 0 Å². The van der Waals surface area contributed by atoms with Crippen LogP contribution in [0.4, 0.5) is 0 Å². The monoisotopic (exact) mass is 389 g/mol. The van der Waals surface area contributed by atoms with Crippen LogP contribution >= 0.6 is 23.2 Å². The van der Waals surface area contributed by atoms with Crippen molar-refractivity contribution < 1.29 is 4.74 Å². The van der Waals surface area contributed by atoms with Crippen molar-refractivity contribution in [1.29, 1.82) is 0 Å². The van der Waals surface area contributed by atoms with Gasteiger partial charge in [0.2, 0.25) is 0 Å². The van der Waals surface area contributed by atoms with Gasteiger partial charge in [-0.05, 0) is 68.5 Å². The quantitative estimate of drug-likeness (QED) is 0.408. The third-order valence-electron chi connectivity index (χ3n) is 4.68. The number of allylic oxidation sites excluding steroid dienone is 1. The Hall–Kier alpha value is -1.48. The highest BCUT2D eigenvalue weighted by molar-refractivity contribution is 6.35. The second-order valence-corrected chi connectivity index (χ2v) is 7.49. The van der Waals surface area contributed by atoms with Crippen molar-refractivity contribution in [3.05, 3.63) is 75.3 Å². The molecule has 2 aromatic rings. The molecule has 0 saturated heterocycles. The zero-order chi connectivity index (χ0) is 18.2. The molecule has 2 nitrogen and oxygen atoms in total. The summed E-state index contributed by atoms with van der Waals surface area (Å²) in [4.78, 5) is 0. The molecular weight excluding hydrogens is 365 g/mol. The van der Waals surface area contributed by atoms with E-state index in [2.05, 4.69) is 23.5 Å². The molecule has 138 valence electrons. The predicted octanol–water partition coefficient (Wildman–Crippen LogP) is 6.55. The van der Waals surface area contributed by atoms with Crippen LogP contribution in [0.2, 0.25) is 10.0 Å². The Morgan fingerprint density at radius 1 is 1.00 bits per heavy atom. The second-order valence-electron chi connectivity index (χ2n) is 6.67. The molecule has 0 heterocycles. The lowest BCUT2D eigenvalue weighted by atomic mass is 9.97. The highest BCUT2D eigenvalue weighted by Crippen LogP contribution is 2.26. The SMILES string of the molecule is Clc1cccc(Cl)c1COc1cccc(CNCCC2=CCCCC2)c1. The highest BCUT2D eigenvalue weighted by atomic mass is 35.5. The average Bonchev–Trinajstić information content (AvgIpc) is 2.66. The van der Waals surface area contributed by atoms with Crippen LogP contribution in [-0.4, -0.2) is 6.54 Å². The van der Waals surface area contributed by atoms with Crippen molar-refractivity contribution in [2.75, 3.05) is 6.54 Å². The first kappa shape index (κ1) is 19.3. The minimum absolute atomic E-state index is 0.365. The summed E-state index contributed by atoms with van der Waals surface area (Å²) in [5, 5.41) is 4.79. The predicted molar refractivity (Wildman–Crippen MR) is 110 cm³/mol. The number of rotatable bonds is 8. The summed E-state index contributed by atoms with van der Waals surface area (Å²) in [5.41, 5.74) is 3.64. The Morgan fingerprint density at radius 2 is 1.81 bits per heavy atom. The van der Waals surface area contributed by atoms with Crippen LogP contribution in [0.25, 0.3) is 0 Å². The molecule has 0 amide bonds. The van der Waals surface area contributed by atoms with Crippen LogP contribution in [0.1, 0.15) is 43.2 Å². The summed E-state index contributed by atoms with van der Waals surface area (Å²) in [6, 6.07) is 13.7. The highest BCUT2D eigenvalue weighted by Gasteiger charge is 2.07. The maximum atomic E-state index is 6.20. The molecular formula is C22H25Cl2NO. The van der Waals surface area contributed by atoms with Gasteiger partial charge in [-0.1, -0.05) is 53.1 Å². The van der Waals surface area contributed by atoms with E-state index >= 15 is 0 Å². The maximum Gasteiger partial charge on any atom is 0.120 e. The molecule has 1 aliphatic carbocycles. The molecule has 0 bridgehead atoms. The van der Waals surface area contributed by atoms with Crippen LogP contribution in [0.15, 0.2) is 54.1 Å². The topological polar surface area (TPSA) is 21.3 Å². The van der Waals surface area contributed by atoms with Gasteiger partial charge in [0, 0.05) is 22.2 Å². The van der Waals surface area contributed by atoms with Gasteiger partial charge in [0.15, 0.2) is 0 Å². The van der Waals surface area contributed by atoms with E-state index in [1.54, 1.807) is 5.57 Å². The fourth-order valence-electron chi connectivity index (χ4n) is 3.18. The van der Waals surface area contributed by atoms with Crippen LogP contribution in [0.5, 0.6) is 5.75 Å². The van der Waals surface area contributed by atoms with Crippen molar-refractivity contribution in [3.63, 3.8) is 0 Å². The number of benzene rings is 2. The number of hydrogen-bond donors (Lipinski definition) is 1. The van der Waals surface area contributed by atoms with Gasteiger partial charge < -0.3 is 10.1 Å². The van der Waals surface area contributed by atoms with E-state index in [1.807, 2.05) is 30.3 Å². The Bertz CT molecular complexity index is 737. The Labute approximate surface area is 166 Å². The van der Waals surface area contributed by atoms with Gasteiger partial charge in [0.25, 0.3) is 0 Å². The van der Waals surface area contributed by atoms with Crippen molar-refractivity contribution in [1.82, 2.24) is 5.32 Å². The van der Waals surface area contributed by atoms with E-state index in [-0.39, 0.29) is 0 Å². The third kappa shape index (κ3) is 5.77. The summed E-state index contributed by atoms with van der Waals surface area (Å²) < 4.78 is 5.89. The van der Waals surface area contributed by atoms with Gasteiger partial charge in [0.05, 0.1) is 0 Å². The van der Waals surface area contributed by atoms with Gasteiger partial charge >= 0.3 is 0 Å². The maximum absolute atomic E-state index is 6.20. The summed E-state index contributed by atoms with van der Waals surface area (Å²) in [7, 11) is 0. The number of halogens is 2. The van der Waals surface area contributed by atoms with Crippen LogP contribution < -0.4 is 10.1 Å². The lowest BCUT2D eigenvalue weighted by Gasteiger charge is -2.13. The van der Waals surface area contributed by atoms with Gasteiger partial charge in [0.1, 0.15) is 12.4 Å². The molecule has 0 fully saturated rings. The van der Waals surface area contributed by atoms with Gasteiger partial charge in [-0.25, -0.2) is 0 Å². The fourth-order valence-corrected chi connectivity index (χ4v) is 3.69. The number of hydrogen-bond acceptors (Lipinski definition) is 2. The van der Waals surface area contributed by atoms with Crippen LogP contribution in [0, 0.1) is 0 Å². The molecule has 26 heavy (non-hydrogen) atoms. The Morgan fingerprint density at radius 3 is 2.58 bits per heavy atom. The summed E-state index contributed by atoms with van der Waals surface area (Å²) in [6.07, 6.45) is 8.80. The van der Waals surface area contributed by atoms with Crippen LogP contribution in [-0.2, 0) is 13.2 Å². The largest absolute Gasteiger partial charge is 0.489 e. The first-order chi connectivity index (χ1) is 12.7. The third-order valence-corrected chi connectivity index (χ3v) is 5.39.